The first-order valence-electron chi connectivity index (χ1n) is 16.6. The number of carbonyl (C=O) groups excluding carboxylic acids is 1. The molecule has 9 nitrogen and oxygen atoms in total. The Morgan fingerprint density at radius 3 is 1.45 bits per heavy atom. The molecule has 6 rings (SSSR count). The molecule has 4 heterocycles. The lowest BCUT2D eigenvalue weighted by molar-refractivity contribution is -0.142. The Balaban J connectivity index is 0.990. The van der Waals surface area contributed by atoms with Crippen LogP contribution in [0.1, 0.15) is 47.9 Å². The van der Waals surface area contributed by atoms with E-state index >= 15 is 0 Å². The number of morpholine rings is 2. The van der Waals surface area contributed by atoms with Crippen LogP contribution in [0.2, 0.25) is 0 Å². The Kier molecular flexibility index (Phi) is 10.2. The molecule has 2 N–H and O–H groups in total. The van der Waals surface area contributed by atoms with Gasteiger partial charge in [-0.3, -0.25) is 9.80 Å². The zero-order chi connectivity index (χ0) is 30.4. The zero-order valence-electron chi connectivity index (χ0n) is 26.2. The van der Waals surface area contributed by atoms with E-state index in [9.17, 15) is 15.0 Å². The Labute approximate surface area is 262 Å². The Bertz CT molecular complexity index is 1150. The third-order valence-corrected chi connectivity index (χ3v) is 10.2. The highest BCUT2D eigenvalue weighted by atomic mass is 16.5. The normalized spacial score (nSPS) is 22.5. The molecule has 44 heavy (non-hydrogen) atoms. The average Bonchev–Trinajstić information content (AvgIpc) is 3.04. The maximum absolute atomic E-state index is 13.9. The van der Waals surface area contributed by atoms with Gasteiger partial charge in [0.15, 0.2) is 0 Å². The predicted molar refractivity (Wildman–Crippen MR) is 169 cm³/mol. The van der Waals surface area contributed by atoms with Crippen molar-refractivity contribution in [2.75, 3.05) is 78.8 Å². The maximum Gasteiger partial charge on any atom is 0.320 e. The number of nitrogens with zero attached hydrogens (tertiary/aromatic N) is 4. The van der Waals surface area contributed by atoms with Crippen molar-refractivity contribution in [3.05, 3.63) is 70.8 Å². The molecule has 2 aromatic carbocycles. The largest absolute Gasteiger partial charge is 0.396 e. The number of hydrogen-bond acceptors (Lipinski definition) is 7. The van der Waals surface area contributed by atoms with Crippen LogP contribution in [0.25, 0.3) is 0 Å². The van der Waals surface area contributed by atoms with Crippen molar-refractivity contribution in [1.29, 1.82) is 0 Å². The molecule has 4 aliphatic rings. The summed E-state index contributed by atoms with van der Waals surface area (Å²) in [4.78, 5) is 22.9. The van der Waals surface area contributed by atoms with Gasteiger partial charge in [0.05, 0.1) is 37.5 Å². The fraction of sp³-hybridized carbons (Fsp3) is 0.629. The highest BCUT2D eigenvalue weighted by Crippen LogP contribution is 2.34. The van der Waals surface area contributed by atoms with Gasteiger partial charge in [0.1, 0.15) is 0 Å². The van der Waals surface area contributed by atoms with Gasteiger partial charge in [0.25, 0.3) is 0 Å². The summed E-state index contributed by atoms with van der Waals surface area (Å²) >= 11 is 0. The van der Waals surface area contributed by atoms with Crippen molar-refractivity contribution in [2.24, 2.45) is 0 Å². The highest BCUT2D eigenvalue weighted by molar-refractivity contribution is 5.75. The van der Waals surface area contributed by atoms with Gasteiger partial charge in [-0.15, -0.1) is 0 Å². The number of rotatable bonds is 8. The van der Waals surface area contributed by atoms with Crippen LogP contribution in [0, 0.1) is 0 Å². The number of benzene rings is 2. The summed E-state index contributed by atoms with van der Waals surface area (Å²) in [6, 6.07) is 17.2. The lowest BCUT2D eigenvalue weighted by Gasteiger charge is -2.50. The van der Waals surface area contributed by atoms with Crippen LogP contribution < -0.4 is 0 Å². The number of amides is 2. The summed E-state index contributed by atoms with van der Waals surface area (Å²) in [5, 5.41) is 18.6. The minimum Gasteiger partial charge on any atom is -0.396 e. The fourth-order valence-electron chi connectivity index (χ4n) is 7.60. The number of ether oxygens (including phenoxy) is 2. The van der Waals surface area contributed by atoms with E-state index in [1.54, 1.807) is 0 Å². The third kappa shape index (κ3) is 7.63. The molecule has 0 atom stereocenters. The van der Waals surface area contributed by atoms with Crippen LogP contribution in [-0.4, -0.2) is 126 Å². The number of hydrogen-bond donors (Lipinski definition) is 2. The molecule has 9 heteroatoms. The van der Waals surface area contributed by atoms with E-state index in [0.29, 0.717) is 52.2 Å². The monoisotopic (exact) mass is 606 g/mol. The van der Waals surface area contributed by atoms with Gasteiger partial charge in [-0.05, 0) is 60.8 Å². The molecule has 0 unspecified atom stereocenters. The second kappa shape index (κ2) is 14.3. The van der Waals surface area contributed by atoms with Crippen LogP contribution in [0.3, 0.4) is 0 Å². The van der Waals surface area contributed by atoms with Gasteiger partial charge in [0.2, 0.25) is 0 Å². The van der Waals surface area contributed by atoms with Gasteiger partial charge in [-0.1, -0.05) is 48.5 Å². The molecule has 0 saturated carbocycles. The fourth-order valence-corrected chi connectivity index (χ4v) is 7.60. The Morgan fingerprint density at radius 2 is 1.05 bits per heavy atom. The number of aliphatic hydroxyl groups excluding tert-OH is 2. The zero-order valence-corrected chi connectivity index (χ0v) is 26.2. The number of carbonyl (C=O) groups is 1. The molecular weight excluding hydrogens is 556 g/mol. The van der Waals surface area contributed by atoms with Crippen LogP contribution in [-0.2, 0) is 35.4 Å². The molecule has 0 aromatic heterocycles. The van der Waals surface area contributed by atoms with E-state index < -0.39 is 0 Å². The highest BCUT2D eigenvalue weighted by Gasteiger charge is 2.45. The molecule has 4 saturated heterocycles. The van der Waals surface area contributed by atoms with E-state index in [1.165, 1.54) is 22.3 Å². The molecule has 2 amide bonds. The standard InChI is InChI=1S/C35H50N4O5/c40-19-7-29-3-1-5-31(23-29)25-36-13-9-34(10-14-36)27-38(17-21-43-34)33(42)39-18-22-44-35(28-39)11-15-37(16-12-35)26-32-6-2-4-30(24-32)8-20-41/h1-6,23-24,40-41H,7-22,25-28H2. The summed E-state index contributed by atoms with van der Waals surface area (Å²) < 4.78 is 12.8. The van der Waals surface area contributed by atoms with Crippen LogP contribution >= 0.6 is 0 Å². The number of likely N-dealkylation sites (tertiary alicyclic amines) is 2. The lowest BCUT2D eigenvalue weighted by atomic mass is 9.88. The van der Waals surface area contributed by atoms with Gasteiger partial charge in [-0.25, -0.2) is 4.79 Å². The third-order valence-electron chi connectivity index (χ3n) is 10.2. The quantitative estimate of drug-likeness (QED) is 0.478. The Morgan fingerprint density at radius 1 is 0.636 bits per heavy atom. The lowest BCUT2D eigenvalue weighted by Crippen LogP contribution is -2.63. The van der Waals surface area contributed by atoms with E-state index in [1.807, 2.05) is 9.80 Å². The minimum absolute atomic E-state index is 0.140. The van der Waals surface area contributed by atoms with Crippen molar-refractivity contribution in [1.82, 2.24) is 19.6 Å². The smallest absolute Gasteiger partial charge is 0.320 e. The second-order valence-electron chi connectivity index (χ2n) is 13.3. The molecule has 4 aliphatic heterocycles. The molecule has 2 aromatic rings. The van der Waals surface area contributed by atoms with E-state index in [2.05, 4.69) is 58.3 Å². The Hall–Kier alpha value is -2.53. The average molecular weight is 607 g/mol. The molecule has 0 radical (unpaired) electrons. The molecular formula is C35H50N4O5. The van der Waals surface area contributed by atoms with Crippen molar-refractivity contribution in [3.63, 3.8) is 0 Å². The predicted octanol–water partition coefficient (Wildman–Crippen LogP) is 2.91. The minimum atomic E-state index is -0.257. The van der Waals surface area contributed by atoms with E-state index in [0.717, 1.165) is 65.0 Å². The van der Waals surface area contributed by atoms with Crippen LogP contribution in [0.15, 0.2) is 48.5 Å². The van der Waals surface area contributed by atoms with Crippen molar-refractivity contribution in [2.45, 2.75) is 62.8 Å². The summed E-state index contributed by atoms with van der Waals surface area (Å²) in [7, 11) is 0. The first-order valence-corrected chi connectivity index (χ1v) is 16.6. The van der Waals surface area contributed by atoms with Crippen molar-refractivity contribution >= 4 is 6.03 Å². The van der Waals surface area contributed by atoms with Gasteiger partial charge in [0, 0.05) is 65.6 Å². The number of aliphatic hydroxyl groups is 2. The summed E-state index contributed by atoms with van der Waals surface area (Å²) in [6.45, 7) is 9.79. The first-order chi connectivity index (χ1) is 21.5. The van der Waals surface area contributed by atoms with Crippen LogP contribution in [0.4, 0.5) is 4.79 Å². The van der Waals surface area contributed by atoms with Gasteiger partial charge in [-0.2, -0.15) is 0 Å². The molecule has 4 fully saturated rings. The molecule has 2 spiro atoms. The van der Waals surface area contributed by atoms with E-state index in [-0.39, 0.29) is 30.4 Å². The summed E-state index contributed by atoms with van der Waals surface area (Å²) in [5.41, 5.74) is 4.42. The molecule has 0 aliphatic carbocycles. The van der Waals surface area contributed by atoms with Crippen molar-refractivity contribution in [3.8, 4) is 0 Å². The maximum atomic E-state index is 13.9. The summed E-state index contributed by atoms with van der Waals surface area (Å²) in [6.07, 6.45) is 5.10. The van der Waals surface area contributed by atoms with Crippen molar-refractivity contribution < 1.29 is 24.5 Å². The number of urea groups is 1. The number of piperidine rings is 2. The van der Waals surface area contributed by atoms with Crippen LogP contribution in [0.5, 0.6) is 0 Å². The second-order valence-corrected chi connectivity index (χ2v) is 13.3. The topological polar surface area (TPSA) is 89.0 Å². The molecule has 0 bridgehead atoms. The molecule has 240 valence electrons. The van der Waals surface area contributed by atoms with E-state index in [4.69, 9.17) is 9.47 Å². The SMILES string of the molecule is O=C(N1CCOC2(CCN(Cc3cccc(CCO)c3)CC2)C1)N1CCOC2(CCN(Cc3cccc(CCO)c3)CC2)C1. The van der Waals surface area contributed by atoms with Gasteiger partial charge >= 0.3 is 6.03 Å². The summed E-state index contributed by atoms with van der Waals surface area (Å²) in [5.74, 6) is 0. The first kappa shape index (κ1) is 31.5. The van der Waals surface area contributed by atoms with Gasteiger partial charge < -0.3 is 29.5 Å².